The van der Waals surface area contributed by atoms with Crippen molar-refractivity contribution in [1.82, 2.24) is 0 Å². The zero-order valence-corrected chi connectivity index (χ0v) is 18.3. The van der Waals surface area contributed by atoms with Crippen LogP contribution in [0.2, 0.25) is 0 Å². The van der Waals surface area contributed by atoms with E-state index in [0.29, 0.717) is 5.82 Å². The van der Waals surface area contributed by atoms with E-state index in [-0.39, 0.29) is 11.3 Å². The van der Waals surface area contributed by atoms with E-state index in [0.717, 1.165) is 20.7 Å². The van der Waals surface area contributed by atoms with Crippen LogP contribution in [-0.2, 0) is 14.3 Å². The average Bonchev–Trinajstić information content (AvgIpc) is 2.98. The Morgan fingerprint density at radius 2 is 1.66 bits per heavy atom. The third-order valence-corrected chi connectivity index (χ3v) is 5.90. The van der Waals surface area contributed by atoms with E-state index in [2.05, 4.69) is 15.9 Å². The van der Waals surface area contributed by atoms with Crippen LogP contribution in [0.5, 0.6) is 0 Å². The molecule has 0 saturated heterocycles. The van der Waals surface area contributed by atoms with Gasteiger partial charge in [-0.2, -0.15) is 5.26 Å². The summed E-state index contributed by atoms with van der Waals surface area (Å²) >= 11 is 4.68. The molecule has 0 aliphatic carbocycles. The van der Waals surface area contributed by atoms with Crippen LogP contribution in [0.1, 0.15) is 0 Å². The number of nitrogens with zero attached hydrogens (tertiary/aromatic N) is 3. The van der Waals surface area contributed by atoms with Crippen molar-refractivity contribution in [2.24, 2.45) is 0 Å². The number of esters is 1. The van der Waals surface area contributed by atoms with E-state index >= 15 is 0 Å². The van der Waals surface area contributed by atoms with Crippen molar-refractivity contribution in [3.8, 4) is 6.07 Å². The van der Waals surface area contributed by atoms with E-state index in [1.54, 1.807) is 23.9 Å². The smallest absolute Gasteiger partial charge is 0.316 e. The first-order valence-corrected chi connectivity index (χ1v) is 10.5. The number of thioether (sulfide) groups is 1. The van der Waals surface area contributed by atoms with Gasteiger partial charge >= 0.3 is 5.97 Å². The second-order valence-electron chi connectivity index (χ2n) is 6.24. The number of para-hydroxylation sites is 2. The highest BCUT2D eigenvalue weighted by molar-refractivity contribution is 9.10. The minimum absolute atomic E-state index is 0.0421. The normalized spacial score (nSPS) is 12.4. The van der Waals surface area contributed by atoms with Gasteiger partial charge in [0, 0.05) is 23.5 Å². The molecule has 0 saturated carbocycles. The van der Waals surface area contributed by atoms with Gasteiger partial charge in [0.1, 0.15) is 17.5 Å². The molecule has 1 aliphatic heterocycles. The number of fused-ring (bicyclic) bond motifs is 1. The van der Waals surface area contributed by atoms with E-state index in [9.17, 15) is 14.9 Å². The number of benzene rings is 2. The lowest BCUT2D eigenvalue weighted by molar-refractivity contribution is -0.144. The standard InChI is InChI=1S/C21H18BrN3O3S/c1-24-17-5-3-4-6-18(17)25(2)21(24)16(11-23)19(26)12-28-20(27)13-29-15-9-7-14(22)8-10-15/h3-10H,12-13H2,1-2H3. The van der Waals surface area contributed by atoms with Crippen molar-refractivity contribution >= 4 is 50.8 Å². The van der Waals surface area contributed by atoms with Gasteiger partial charge < -0.3 is 14.5 Å². The summed E-state index contributed by atoms with van der Waals surface area (Å²) in [6.45, 7) is -0.468. The molecular formula is C21H18BrN3O3S. The molecule has 3 rings (SSSR count). The zero-order chi connectivity index (χ0) is 21.0. The predicted molar refractivity (Wildman–Crippen MR) is 117 cm³/mol. The van der Waals surface area contributed by atoms with Gasteiger partial charge in [0.25, 0.3) is 0 Å². The topological polar surface area (TPSA) is 73.6 Å². The highest BCUT2D eigenvalue weighted by Gasteiger charge is 2.31. The lowest BCUT2D eigenvalue weighted by Gasteiger charge is -2.19. The Hall–Kier alpha value is -2.76. The summed E-state index contributed by atoms with van der Waals surface area (Å²) in [6.07, 6.45) is 0. The number of anilines is 2. The monoisotopic (exact) mass is 471 g/mol. The van der Waals surface area contributed by atoms with Gasteiger partial charge in [-0.1, -0.05) is 28.1 Å². The summed E-state index contributed by atoms with van der Waals surface area (Å²) in [6, 6.07) is 17.1. The Morgan fingerprint density at radius 1 is 1.07 bits per heavy atom. The third-order valence-electron chi connectivity index (χ3n) is 4.39. The molecule has 1 heterocycles. The number of halogens is 1. The van der Waals surface area contributed by atoms with Gasteiger partial charge in [0.15, 0.2) is 6.61 Å². The number of rotatable bonds is 6. The number of carbonyl (C=O) groups is 2. The SMILES string of the molecule is CN1C(=C(C#N)C(=O)COC(=O)CSc2ccc(Br)cc2)N(C)c2ccccc21. The van der Waals surface area contributed by atoms with Gasteiger partial charge in [-0.05, 0) is 36.4 Å². The van der Waals surface area contributed by atoms with Crippen LogP contribution in [0.25, 0.3) is 0 Å². The quantitative estimate of drug-likeness (QED) is 0.273. The Kier molecular flexibility index (Phi) is 6.62. The highest BCUT2D eigenvalue weighted by Crippen LogP contribution is 2.40. The molecular weight excluding hydrogens is 454 g/mol. The second-order valence-corrected chi connectivity index (χ2v) is 8.21. The van der Waals surface area contributed by atoms with Crippen LogP contribution in [0.15, 0.2) is 69.3 Å². The molecule has 2 aromatic carbocycles. The summed E-state index contributed by atoms with van der Waals surface area (Å²) in [7, 11) is 3.59. The van der Waals surface area contributed by atoms with Crippen molar-refractivity contribution < 1.29 is 14.3 Å². The fourth-order valence-electron chi connectivity index (χ4n) is 2.99. The fraction of sp³-hybridized carbons (Fsp3) is 0.190. The molecule has 148 valence electrons. The Balaban J connectivity index is 1.63. The minimum atomic E-state index is -0.531. The molecule has 6 nitrogen and oxygen atoms in total. The molecule has 0 unspecified atom stereocenters. The van der Waals surface area contributed by atoms with Gasteiger partial charge in [-0.3, -0.25) is 9.59 Å². The predicted octanol–water partition coefficient (Wildman–Crippen LogP) is 3.97. The third kappa shape index (κ3) is 4.63. The van der Waals surface area contributed by atoms with E-state index in [1.807, 2.05) is 54.6 Å². The zero-order valence-electron chi connectivity index (χ0n) is 15.9. The summed E-state index contributed by atoms with van der Waals surface area (Å²) < 4.78 is 6.05. The molecule has 0 spiro atoms. The molecule has 0 atom stereocenters. The number of nitriles is 1. The van der Waals surface area contributed by atoms with Crippen molar-refractivity contribution in [2.75, 3.05) is 36.3 Å². The number of ether oxygens (including phenoxy) is 1. The lowest BCUT2D eigenvalue weighted by Crippen LogP contribution is -2.28. The van der Waals surface area contributed by atoms with Crippen LogP contribution in [0.4, 0.5) is 11.4 Å². The fourth-order valence-corrected chi connectivity index (χ4v) is 3.95. The maximum Gasteiger partial charge on any atom is 0.316 e. The van der Waals surface area contributed by atoms with Crippen LogP contribution in [0, 0.1) is 11.3 Å². The molecule has 8 heteroatoms. The summed E-state index contributed by atoms with van der Waals surface area (Å²) in [5, 5.41) is 9.58. The Labute approximate surface area is 181 Å². The molecule has 0 amide bonds. The maximum absolute atomic E-state index is 12.6. The summed E-state index contributed by atoms with van der Waals surface area (Å²) in [5.74, 6) is -0.488. The van der Waals surface area contributed by atoms with E-state index < -0.39 is 18.4 Å². The van der Waals surface area contributed by atoms with Crippen molar-refractivity contribution in [2.45, 2.75) is 4.90 Å². The first-order valence-electron chi connectivity index (χ1n) is 8.70. The highest BCUT2D eigenvalue weighted by atomic mass is 79.9. The first kappa shape index (κ1) is 21.0. The van der Waals surface area contributed by atoms with Crippen LogP contribution < -0.4 is 9.80 Å². The first-order chi connectivity index (χ1) is 13.9. The van der Waals surface area contributed by atoms with Crippen LogP contribution >= 0.6 is 27.7 Å². The summed E-state index contributed by atoms with van der Waals surface area (Å²) in [5.41, 5.74) is 1.75. The Morgan fingerprint density at radius 3 is 2.21 bits per heavy atom. The number of Topliss-reactive ketones (excluding diaryl/α,β-unsaturated/α-hetero) is 1. The molecule has 29 heavy (non-hydrogen) atoms. The molecule has 0 aromatic heterocycles. The van der Waals surface area contributed by atoms with Gasteiger partial charge in [-0.25, -0.2) is 0 Å². The number of hydrogen-bond acceptors (Lipinski definition) is 7. The number of carbonyl (C=O) groups excluding carboxylic acids is 2. The van der Waals surface area contributed by atoms with Crippen molar-refractivity contribution in [3.05, 3.63) is 64.4 Å². The molecule has 0 fully saturated rings. The molecule has 1 aliphatic rings. The average molecular weight is 472 g/mol. The maximum atomic E-state index is 12.6. The number of hydrogen-bond donors (Lipinski definition) is 0. The summed E-state index contributed by atoms with van der Waals surface area (Å²) in [4.78, 5) is 29.1. The lowest BCUT2D eigenvalue weighted by atomic mass is 10.2. The number of ketones is 1. The largest absolute Gasteiger partial charge is 0.457 e. The van der Waals surface area contributed by atoms with Gasteiger partial charge in [0.05, 0.1) is 17.1 Å². The molecule has 0 N–H and O–H groups in total. The Bertz CT molecular complexity index is 984. The van der Waals surface area contributed by atoms with Crippen LogP contribution in [0.3, 0.4) is 0 Å². The second kappa shape index (κ2) is 9.16. The van der Waals surface area contributed by atoms with Crippen molar-refractivity contribution in [1.29, 1.82) is 5.26 Å². The van der Waals surface area contributed by atoms with Crippen LogP contribution in [-0.4, -0.2) is 38.2 Å². The van der Waals surface area contributed by atoms with Gasteiger partial charge in [-0.15, -0.1) is 11.8 Å². The van der Waals surface area contributed by atoms with E-state index in [1.165, 1.54) is 11.8 Å². The van der Waals surface area contributed by atoms with E-state index in [4.69, 9.17) is 4.74 Å². The minimum Gasteiger partial charge on any atom is -0.457 e. The molecule has 0 bridgehead atoms. The van der Waals surface area contributed by atoms with Gasteiger partial charge in [0.2, 0.25) is 5.78 Å². The molecule has 2 aromatic rings. The van der Waals surface area contributed by atoms with Crippen molar-refractivity contribution in [3.63, 3.8) is 0 Å². The molecule has 0 radical (unpaired) electrons.